The molecule has 0 radical (unpaired) electrons. The van der Waals surface area contributed by atoms with Crippen molar-refractivity contribution in [3.8, 4) is 11.8 Å². The smallest absolute Gasteiger partial charge is 0.278 e. The van der Waals surface area contributed by atoms with Gasteiger partial charge in [0.2, 0.25) is 5.91 Å². The predicted molar refractivity (Wildman–Crippen MR) is 86.8 cm³/mol. The SMILES string of the molecule is COc1nccnc1O[C@@H]1CCCN(C(=O)Cc2cccnc2)C1. The maximum atomic E-state index is 12.5. The van der Waals surface area contributed by atoms with Crippen molar-refractivity contribution in [2.45, 2.75) is 25.4 Å². The number of rotatable bonds is 5. The number of ether oxygens (including phenoxy) is 2. The van der Waals surface area contributed by atoms with Crippen molar-refractivity contribution >= 4 is 5.91 Å². The number of carbonyl (C=O) groups is 1. The van der Waals surface area contributed by atoms with E-state index in [9.17, 15) is 4.79 Å². The zero-order valence-corrected chi connectivity index (χ0v) is 13.6. The second-order valence-electron chi connectivity index (χ2n) is 5.63. The lowest BCUT2D eigenvalue weighted by Gasteiger charge is -2.32. The van der Waals surface area contributed by atoms with Gasteiger partial charge in [0.1, 0.15) is 6.10 Å². The minimum Gasteiger partial charge on any atom is -0.477 e. The van der Waals surface area contributed by atoms with Gasteiger partial charge in [0.05, 0.1) is 20.1 Å². The van der Waals surface area contributed by atoms with Crippen LogP contribution in [0.5, 0.6) is 11.8 Å². The molecule has 1 aliphatic heterocycles. The molecule has 2 aromatic heterocycles. The highest BCUT2D eigenvalue weighted by Crippen LogP contribution is 2.24. The highest BCUT2D eigenvalue weighted by molar-refractivity contribution is 5.78. The largest absolute Gasteiger partial charge is 0.477 e. The van der Waals surface area contributed by atoms with E-state index in [0.717, 1.165) is 24.9 Å². The first kappa shape index (κ1) is 16.2. The molecule has 7 heteroatoms. The van der Waals surface area contributed by atoms with Gasteiger partial charge in [-0.2, -0.15) is 0 Å². The molecule has 0 aliphatic carbocycles. The zero-order valence-electron chi connectivity index (χ0n) is 13.6. The van der Waals surface area contributed by atoms with Crippen molar-refractivity contribution in [1.82, 2.24) is 19.9 Å². The molecule has 1 atom stereocenters. The van der Waals surface area contributed by atoms with Gasteiger partial charge in [-0.1, -0.05) is 6.07 Å². The molecule has 7 nitrogen and oxygen atoms in total. The zero-order chi connectivity index (χ0) is 16.8. The summed E-state index contributed by atoms with van der Waals surface area (Å²) in [5, 5.41) is 0. The summed E-state index contributed by atoms with van der Waals surface area (Å²) in [6, 6.07) is 3.75. The lowest BCUT2D eigenvalue weighted by molar-refractivity contribution is -0.133. The molecule has 0 spiro atoms. The summed E-state index contributed by atoms with van der Waals surface area (Å²) in [5.74, 6) is 0.810. The summed E-state index contributed by atoms with van der Waals surface area (Å²) in [7, 11) is 1.53. The molecule has 0 aromatic carbocycles. The van der Waals surface area contributed by atoms with E-state index < -0.39 is 0 Å². The number of aromatic nitrogens is 3. The molecule has 3 heterocycles. The van der Waals surface area contributed by atoms with E-state index in [4.69, 9.17) is 9.47 Å². The van der Waals surface area contributed by atoms with E-state index in [-0.39, 0.29) is 12.0 Å². The first-order valence-electron chi connectivity index (χ1n) is 7.94. The van der Waals surface area contributed by atoms with Crippen LogP contribution in [0, 0.1) is 0 Å². The Morgan fingerprint density at radius 1 is 1.29 bits per heavy atom. The van der Waals surface area contributed by atoms with Crippen LogP contribution in [0.2, 0.25) is 0 Å². The van der Waals surface area contributed by atoms with Crippen molar-refractivity contribution in [3.05, 3.63) is 42.5 Å². The Kier molecular flexibility index (Phi) is 5.20. The van der Waals surface area contributed by atoms with E-state index in [1.54, 1.807) is 24.8 Å². The topological polar surface area (TPSA) is 77.4 Å². The fourth-order valence-electron chi connectivity index (χ4n) is 2.74. The molecule has 1 amide bonds. The van der Waals surface area contributed by atoms with Crippen molar-refractivity contribution in [1.29, 1.82) is 0 Å². The second-order valence-corrected chi connectivity index (χ2v) is 5.63. The summed E-state index contributed by atoms with van der Waals surface area (Å²) in [6.45, 7) is 1.29. The molecule has 0 bridgehead atoms. The first-order chi connectivity index (χ1) is 11.8. The van der Waals surface area contributed by atoms with E-state index in [1.807, 2.05) is 17.0 Å². The van der Waals surface area contributed by atoms with Crippen molar-refractivity contribution in [3.63, 3.8) is 0 Å². The Bertz CT molecular complexity index is 681. The summed E-state index contributed by atoms with van der Waals surface area (Å²) in [6.07, 6.45) is 8.55. The molecule has 24 heavy (non-hydrogen) atoms. The highest BCUT2D eigenvalue weighted by Gasteiger charge is 2.26. The fourth-order valence-corrected chi connectivity index (χ4v) is 2.74. The number of piperidine rings is 1. The van der Waals surface area contributed by atoms with Crippen LogP contribution in [0.25, 0.3) is 0 Å². The predicted octanol–water partition coefficient (Wildman–Crippen LogP) is 1.49. The van der Waals surface area contributed by atoms with E-state index in [1.165, 1.54) is 7.11 Å². The normalized spacial score (nSPS) is 17.4. The quantitative estimate of drug-likeness (QED) is 0.827. The molecule has 0 saturated carbocycles. The van der Waals surface area contributed by atoms with Crippen LogP contribution in [0.3, 0.4) is 0 Å². The van der Waals surface area contributed by atoms with Crippen molar-refractivity contribution in [2.24, 2.45) is 0 Å². The summed E-state index contributed by atoms with van der Waals surface area (Å²) >= 11 is 0. The van der Waals surface area contributed by atoms with Crippen LogP contribution >= 0.6 is 0 Å². The van der Waals surface area contributed by atoms with Gasteiger partial charge < -0.3 is 14.4 Å². The number of methoxy groups -OCH3 is 1. The monoisotopic (exact) mass is 328 g/mol. The average Bonchev–Trinajstić information content (AvgIpc) is 2.63. The Balaban J connectivity index is 1.61. The molecule has 126 valence electrons. The van der Waals surface area contributed by atoms with Gasteiger partial charge >= 0.3 is 0 Å². The lowest BCUT2D eigenvalue weighted by atomic mass is 10.1. The van der Waals surface area contributed by atoms with Gasteiger partial charge in [0.15, 0.2) is 0 Å². The Morgan fingerprint density at radius 3 is 2.88 bits per heavy atom. The average molecular weight is 328 g/mol. The second kappa shape index (κ2) is 7.72. The number of nitrogens with zero attached hydrogens (tertiary/aromatic N) is 4. The molecule has 1 aliphatic rings. The molecular weight excluding hydrogens is 308 g/mol. The van der Waals surface area contributed by atoms with Gasteiger partial charge in [-0.15, -0.1) is 0 Å². The number of pyridine rings is 1. The summed E-state index contributed by atoms with van der Waals surface area (Å²) in [5.41, 5.74) is 0.918. The number of hydrogen-bond donors (Lipinski definition) is 0. The maximum Gasteiger partial charge on any atom is 0.278 e. The fraction of sp³-hybridized carbons (Fsp3) is 0.412. The molecule has 0 N–H and O–H groups in total. The number of likely N-dealkylation sites (tertiary alicyclic amines) is 1. The number of carbonyl (C=O) groups excluding carboxylic acids is 1. The minimum absolute atomic E-state index is 0.0856. The third kappa shape index (κ3) is 3.98. The standard InChI is InChI=1S/C17H20N4O3/c1-23-16-17(20-8-7-19-16)24-14-5-3-9-21(12-14)15(22)10-13-4-2-6-18-11-13/h2,4,6-8,11,14H,3,5,9-10,12H2,1H3/t14-/m1/s1. The summed E-state index contributed by atoms with van der Waals surface area (Å²) < 4.78 is 11.1. The van der Waals surface area contributed by atoms with Gasteiger partial charge in [0.25, 0.3) is 11.8 Å². The van der Waals surface area contributed by atoms with Gasteiger partial charge in [-0.05, 0) is 24.5 Å². The molecule has 3 rings (SSSR count). The third-order valence-corrected chi connectivity index (χ3v) is 3.91. The Morgan fingerprint density at radius 2 is 2.12 bits per heavy atom. The van der Waals surface area contributed by atoms with Gasteiger partial charge in [-0.25, -0.2) is 9.97 Å². The molecular formula is C17H20N4O3. The third-order valence-electron chi connectivity index (χ3n) is 3.91. The first-order valence-corrected chi connectivity index (χ1v) is 7.94. The molecule has 0 unspecified atom stereocenters. The van der Waals surface area contributed by atoms with Crippen LogP contribution in [0.4, 0.5) is 0 Å². The lowest BCUT2D eigenvalue weighted by Crippen LogP contribution is -2.45. The van der Waals surface area contributed by atoms with E-state index in [2.05, 4.69) is 15.0 Å². The molecule has 1 saturated heterocycles. The highest BCUT2D eigenvalue weighted by atomic mass is 16.5. The maximum absolute atomic E-state index is 12.5. The van der Waals surface area contributed by atoms with Crippen LogP contribution in [0.15, 0.2) is 36.9 Å². The Hall–Kier alpha value is -2.70. The molecule has 1 fully saturated rings. The van der Waals surface area contributed by atoms with Gasteiger partial charge in [0, 0.05) is 31.3 Å². The minimum atomic E-state index is -0.109. The number of hydrogen-bond acceptors (Lipinski definition) is 6. The van der Waals surface area contributed by atoms with Crippen LogP contribution in [-0.4, -0.2) is 52.1 Å². The van der Waals surface area contributed by atoms with Crippen molar-refractivity contribution < 1.29 is 14.3 Å². The van der Waals surface area contributed by atoms with Crippen LogP contribution in [-0.2, 0) is 11.2 Å². The van der Waals surface area contributed by atoms with E-state index in [0.29, 0.717) is 24.7 Å². The van der Waals surface area contributed by atoms with Crippen LogP contribution < -0.4 is 9.47 Å². The van der Waals surface area contributed by atoms with Crippen molar-refractivity contribution in [2.75, 3.05) is 20.2 Å². The molecule has 2 aromatic rings. The Labute approximate surface area is 140 Å². The van der Waals surface area contributed by atoms with E-state index >= 15 is 0 Å². The summed E-state index contributed by atoms with van der Waals surface area (Å²) in [4.78, 5) is 26.6. The number of amides is 1. The van der Waals surface area contributed by atoms with Gasteiger partial charge in [-0.3, -0.25) is 9.78 Å². The van der Waals surface area contributed by atoms with Crippen LogP contribution in [0.1, 0.15) is 18.4 Å².